The van der Waals surface area contributed by atoms with Crippen LogP contribution in [0.5, 0.6) is 0 Å². The Balaban J connectivity index is 1.30. The summed E-state index contributed by atoms with van der Waals surface area (Å²) in [6.45, 7) is 0.0321. The highest BCUT2D eigenvalue weighted by Gasteiger charge is 2.15. The third-order valence-corrected chi connectivity index (χ3v) is 6.65. The van der Waals surface area contributed by atoms with Crippen LogP contribution in [0.25, 0.3) is 22.2 Å². The Morgan fingerprint density at radius 2 is 1.62 bits per heavy atom. The first-order valence-corrected chi connectivity index (χ1v) is 12.8. The predicted octanol–water partition coefficient (Wildman–Crippen LogP) is 5.55. The van der Waals surface area contributed by atoms with Crippen LogP contribution in [0.4, 0.5) is 0 Å². The first-order valence-electron chi connectivity index (χ1n) is 12.8. The number of H-pyrrole nitrogens is 1. The molecule has 1 N–H and O–H groups in total. The lowest BCUT2D eigenvalue weighted by molar-refractivity contribution is -0.119. The maximum absolute atomic E-state index is 13.5. The number of carbonyl (C=O) groups excluding carboxylic acids is 1. The van der Waals surface area contributed by atoms with Crippen LogP contribution in [0.1, 0.15) is 36.2 Å². The number of pyridine rings is 1. The highest BCUT2D eigenvalue weighted by atomic mass is 16.1. The standard InChI is InChI=1S/C31H30N4O2/c36-27(16-15-26-19-25-20-32-18-17-28(25)34-26)22-35-30(24-12-5-2-6-13-24)21-33-29(31(35)37)14-8-7-11-23-9-3-1-4-10-23/h1-6,9-10,12-13,17-21,34H,7-8,11,14-16,22H2. The first-order chi connectivity index (χ1) is 18.2. The normalized spacial score (nSPS) is 11.1. The molecule has 3 heterocycles. The number of fused-ring (bicyclic) bond motifs is 1. The van der Waals surface area contributed by atoms with Crippen molar-refractivity contribution in [3.8, 4) is 11.3 Å². The van der Waals surface area contributed by atoms with E-state index in [4.69, 9.17) is 0 Å². The number of nitrogens with zero attached hydrogens (tertiary/aromatic N) is 3. The van der Waals surface area contributed by atoms with Crippen LogP contribution in [-0.2, 0) is 30.6 Å². The molecule has 37 heavy (non-hydrogen) atoms. The Morgan fingerprint density at radius 3 is 2.41 bits per heavy atom. The van der Waals surface area contributed by atoms with E-state index >= 15 is 0 Å². The number of ketones is 1. The molecule has 0 aliphatic heterocycles. The van der Waals surface area contributed by atoms with Gasteiger partial charge in [0.15, 0.2) is 5.78 Å². The van der Waals surface area contributed by atoms with E-state index in [1.54, 1.807) is 23.2 Å². The first kappa shape index (κ1) is 24.4. The lowest BCUT2D eigenvalue weighted by Crippen LogP contribution is -2.29. The molecule has 6 heteroatoms. The largest absolute Gasteiger partial charge is 0.358 e. The number of hydrogen-bond donors (Lipinski definition) is 1. The van der Waals surface area contributed by atoms with Crippen molar-refractivity contribution in [3.05, 3.63) is 119 Å². The molecule has 0 unspecified atom stereocenters. The van der Waals surface area contributed by atoms with E-state index in [1.807, 2.05) is 60.7 Å². The molecule has 2 aromatic carbocycles. The number of Topliss-reactive ketones (excluding diaryl/α,β-unsaturated/α-hetero) is 1. The van der Waals surface area contributed by atoms with Gasteiger partial charge < -0.3 is 4.98 Å². The second-order valence-electron chi connectivity index (χ2n) is 9.34. The van der Waals surface area contributed by atoms with Gasteiger partial charge in [0.25, 0.3) is 5.56 Å². The van der Waals surface area contributed by atoms with Crippen LogP contribution >= 0.6 is 0 Å². The predicted molar refractivity (Wildman–Crippen MR) is 146 cm³/mol. The van der Waals surface area contributed by atoms with Crippen molar-refractivity contribution in [2.45, 2.75) is 45.1 Å². The summed E-state index contributed by atoms with van der Waals surface area (Å²) >= 11 is 0. The van der Waals surface area contributed by atoms with Gasteiger partial charge in [0.1, 0.15) is 5.69 Å². The minimum Gasteiger partial charge on any atom is -0.358 e. The van der Waals surface area contributed by atoms with Gasteiger partial charge in [-0.2, -0.15) is 0 Å². The van der Waals surface area contributed by atoms with Crippen molar-refractivity contribution in [2.75, 3.05) is 0 Å². The fourth-order valence-corrected chi connectivity index (χ4v) is 4.66. The van der Waals surface area contributed by atoms with E-state index in [-0.39, 0.29) is 17.9 Å². The van der Waals surface area contributed by atoms with E-state index < -0.39 is 0 Å². The smallest absolute Gasteiger partial charge is 0.273 e. The van der Waals surface area contributed by atoms with Gasteiger partial charge in [-0.15, -0.1) is 0 Å². The average Bonchev–Trinajstić information content (AvgIpc) is 3.36. The molecule has 186 valence electrons. The second kappa shape index (κ2) is 11.6. The number of carbonyl (C=O) groups is 1. The van der Waals surface area contributed by atoms with E-state index in [1.165, 1.54) is 5.56 Å². The van der Waals surface area contributed by atoms with Gasteiger partial charge in [0.2, 0.25) is 0 Å². The Labute approximate surface area is 216 Å². The zero-order chi connectivity index (χ0) is 25.5. The SMILES string of the molecule is O=C(CCc1cc2cnccc2[nH]1)Cn1c(-c2ccccc2)cnc(CCCCc2ccccc2)c1=O. The summed E-state index contributed by atoms with van der Waals surface area (Å²) in [7, 11) is 0. The maximum Gasteiger partial charge on any atom is 0.273 e. The van der Waals surface area contributed by atoms with E-state index in [0.717, 1.165) is 41.4 Å². The van der Waals surface area contributed by atoms with Gasteiger partial charge in [-0.3, -0.25) is 24.1 Å². The van der Waals surface area contributed by atoms with Gasteiger partial charge in [-0.1, -0.05) is 60.7 Å². The van der Waals surface area contributed by atoms with Crippen molar-refractivity contribution >= 4 is 16.7 Å². The van der Waals surface area contributed by atoms with E-state index in [2.05, 4.69) is 27.1 Å². The lowest BCUT2D eigenvalue weighted by atomic mass is 10.1. The molecule has 0 bridgehead atoms. The molecular weight excluding hydrogens is 460 g/mol. The number of aromatic amines is 1. The van der Waals surface area contributed by atoms with Crippen LogP contribution in [0.2, 0.25) is 0 Å². The van der Waals surface area contributed by atoms with Gasteiger partial charge in [-0.25, -0.2) is 0 Å². The van der Waals surface area contributed by atoms with Crippen LogP contribution in [0.3, 0.4) is 0 Å². The van der Waals surface area contributed by atoms with Gasteiger partial charge in [0.05, 0.1) is 18.4 Å². The number of nitrogens with one attached hydrogen (secondary N) is 1. The summed E-state index contributed by atoms with van der Waals surface area (Å²) in [4.78, 5) is 38.6. The average molecular weight is 491 g/mol. The van der Waals surface area contributed by atoms with Gasteiger partial charge in [0, 0.05) is 35.4 Å². The Hall–Kier alpha value is -4.32. The number of hydrogen-bond acceptors (Lipinski definition) is 4. The summed E-state index contributed by atoms with van der Waals surface area (Å²) in [5.74, 6) is 0.0114. The van der Waals surface area contributed by atoms with Crippen LogP contribution < -0.4 is 5.56 Å². The van der Waals surface area contributed by atoms with Crippen molar-refractivity contribution < 1.29 is 4.79 Å². The summed E-state index contributed by atoms with van der Waals surface area (Å²) in [6, 6.07) is 24.0. The monoisotopic (exact) mass is 490 g/mol. The Bertz CT molecular complexity index is 1510. The molecule has 0 spiro atoms. The molecule has 0 aliphatic carbocycles. The highest BCUT2D eigenvalue weighted by Crippen LogP contribution is 2.19. The molecule has 3 aromatic heterocycles. The summed E-state index contributed by atoms with van der Waals surface area (Å²) in [5.41, 5.74) is 5.17. The molecule has 0 saturated heterocycles. The number of aromatic nitrogens is 4. The zero-order valence-electron chi connectivity index (χ0n) is 20.8. The summed E-state index contributed by atoms with van der Waals surface area (Å²) in [5, 5.41) is 1.03. The van der Waals surface area contributed by atoms with Crippen molar-refractivity contribution in [2.24, 2.45) is 0 Å². The molecule has 6 nitrogen and oxygen atoms in total. The molecular formula is C31H30N4O2. The number of unbranched alkanes of at least 4 members (excludes halogenated alkanes) is 1. The van der Waals surface area contributed by atoms with Crippen LogP contribution in [0, 0.1) is 0 Å². The topological polar surface area (TPSA) is 80.6 Å². The molecule has 0 fully saturated rings. The van der Waals surface area contributed by atoms with Crippen molar-refractivity contribution in [1.82, 2.24) is 19.5 Å². The third-order valence-electron chi connectivity index (χ3n) is 6.65. The quantitative estimate of drug-likeness (QED) is 0.246. The molecule has 5 aromatic rings. The van der Waals surface area contributed by atoms with E-state index in [9.17, 15) is 9.59 Å². The molecule has 5 rings (SSSR count). The van der Waals surface area contributed by atoms with Crippen molar-refractivity contribution in [3.63, 3.8) is 0 Å². The third kappa shape index (κ3) is 6.09. The van der Waals surface area contributed by atoms with Crippen molar-refractivity contribution in [1.29, 1.82) is 0 Å². The molecule has 0 radical (unpaired) electrons. The summed E-state index contributed by atoms with van der Waals surface area (Å²) in [6.07, 6.45) is 9.62. The maximum atomic E-state index is 13.5. The summed E-state index contributed by atoms with van der Waals surface area (Å²) < 4.78 is 1.60. The van der Waals surface area contributed by atoms with Gasteiger partial charge in [-0.05, 0) is 55.4 Å². The minimum atomic E-state index is -0.175. The molecule has 0 atom stereocenters. The fourth-order valence-electron chi connectivity index (χ4n) is 4.66. The Kier molecular flexibility index (Phi) is 7.65. The minimum absolute atomic E-state index is 0.0114. The fraction of sp³-hybridized carbons (Fsp3) is 0.226. The molecule has 0 amide bonds. The van der Waals surface area contributed by atoms with Gasteiger partial charge >= 0.3 is 0 Å². The number of benzene rings is 2. The zero-order valence-corrected chi connectivity index (χ0v) is 20.8. The lowest BCUT2D eigenvalue weighted by Gasteiger charge is -2.14. The molecule has 0 aliphatic rings. The Morgan fingerprint density at radius 1 is 0.865 bits per heavy atom. The number of aryl methyl sites for hydroxylation is 3. The number of rotatable bonds is 11. The van der Waals surface area contributed by atoms with E-state index in [0.29, 0.717) is 30.7 Å². The highest BCUT2D eigenvalue weighted by molar-refractivity contribution is 5.81. The van der Waals surface area contributed by atoms with Crippen LogP contribution in [0.15, 0.2) is 96.2 Å². The molecule has 0 saturated carbocycles. The van der Waals surface area contributed by atoms with Crippen LogP contribution in [-0.4, -0.2) is 25.3 Å². The second-order valence-corrected chi connectivity index (χ2v) is 9.34.